The standard InChI is InChI=1S/C6H13N.2H2O/c7-6-4-2-1-3-5-6;;/h6H,1-5,7H2;2*1H2. The molecule has 0 atom stereocenters. The van der Waals surface area contributed by atoms with Gasteiger partial charge in [-0.1, -0.05) is 19.3 Å². The molecule has 0 aromatic carbocycles. The summed E-state index contributed by atoms with van der Waals surface area (Å²) >= 11 is 0. The minimum absolute atomic E-state index is 0. The zero-order valence-corrected chi connectivity index (χ0v) is 5.69. The van der Waals surface area contributed by atoms with Gasteiger partial charge in [0.05, 0.1) is 0 Å². The lowest BCUT2D eigenvalue weighted by molar-refractivity contribution is 0.441. The van der Waals surface area contributed by atoms with Crippen LogP contribution in [-0.4, -0.2) is 17.0 Å². The maximum Gasteiger partial charge on any atom is 0.00388 e. The molecule has 0 bridgehead atoms. The average molecular weight is 135 g/mol. The highest BCUT2D eigenvalue weighted by Gasteiger charge is 2.06. The lowest BCUT2D eigenvalue weighted by Gasteiger charge is -2.15. The van der Waals surface area contributed by atoms with Crippen LogP contribution in [0, 0.1) is 0 Å². The average Bonchev–Trinajstić information content (AvgIpc) is 1.69. The first-order chi connectivity index (χ1) is 3.39. The summed E-state index contributed by atoms with van der Waals surface area (Å²) in [5.74, 6) is 0. The van der Waals surface area contributed by atoms with E-state index >= 15 is 0 Å². The fourth-order valence-electron chi connectivity index (χ4n) is 1.13. The fourth-order valence-corrected chi connectivity index (χ4v) is 1.13. The van der Waals surface area contributed by atoms with Crippen LogP contribution in [0.5, 0.6) is 0 Å². The van der Waals surface area contributed by atoms with Crippen LogP contribution in [0.25, 0.3) is 0 Å². The first-order valence-electron chi connectivity index (χ1n) is 3.15. The predicted molar refractivity (Wildman–Crippen MR) is 38.3 cm³/mol. The highest BCUT2D eigenvalue weighted by atomic mass is 16.0. The Morgan fingerprint density at radius 1 is 0.889 bits per heavy atom. The van der Waals surface area contributed by atoms with Gasteiger partial charge in [-0.2, -0.15) is 0 Å². The van der Waals surface area contributed by atoms with Crippen molar-refractivity contribution in [3.63, 3.8) is 0 Å². The van der Waals surface area contributed by atoms with E-state index in [2.05, 4.69) is 0 Å². The summed E-state index contributed by atoms with van der Waals surface area (Å²) < 4.78 is 0. The second kappa shape index (κ2) is 6.01. The molecule has 0 aromatic rings. The van der Waals surface area contributed by atoms with Gasteiger partial charge in [-0.25, -0.2) is 0 Å². The normalized spacial score (nSPS) is 19.7. The summed E-state index contributed by atoms with van der Waals surface area (Å²) in [5, 5.41) is 0. The maximum absolute atomic E-state index is 5.63. The Balaban J connectivity index is 0. The zero-order chi connectivity index (χ0) is 5.11. The lowest BCUT2D eigenvalue weighted by atomic mass is 9.97. The van der Waals surface area contributed by atoms with Gasteiger partial charge in [0.2, 0.25) is 0 Å². The third-order valence-electron chi connectivity index (χ3n) is 1.65. The van der Waals surface area contributed by atoms with Gasteiger partial charge in [-0.3, -0.25) is 0 Å². The number of rotatable bonds is 0. The second-order valence-corrected chi connectivity index (χ2v) is 2.40. The van der Waals surface area contributed by atoms with E-state index in [-0.39, 0.29) is 11.0 Å². The van der Waals surface area contributed by atoms with Crippen molar-refractivity contribution in [3.05, 3.63) is 0 Å². The molecule has 0 aliphatic heterocycles. The highest BCUT2D eigenvalue weighted by Crippen LogP contribution is 2.14. The van der Waals surface area contributed by atoms with Gasteiger partial charge in [-0.05, 0) is 12.8 Å². The van der Waals surface area contributed by atoms with E-state index in [0.717, 1.165) is 0 Å². The molecular weight excluding hydrogens is 118 g/mol. The van der Waals surface area contributed by atoms with Crippen LogP contribution in [0.1, 0.15) is 32.1 Å². The Labute approximate surface area is 55.9 Å². The van der Waals surface area contributed by atoms with Crippen molar-refractivity contribution in [2.75, 3.05) is 0 Å². The van der Waals surface area contributed by atoms with Crippen molar-refractivity contribution < 1.29 is 11.0 Å². The molecule has 0 aromatic heterocycles. The Kier molecular flexibility index (Phi) is 7.77. The molecular formula is C6H17NO2. The Hall–Kier alpha value is -0.120. The Bertz CT molecular complexity index is 53.0. The molecule has 0 spiro atoms. The quantitative estimate of drug-likeness (QED) is 0.482. The minimum atomic E-state index is 0. The van der Waals surface area contributed by atoms with Crippen LogP contribution in [0.3, 0.4) is 0 Å². The third-order valence-corrected chi connectivity index (χ3v) is 1.65. The van der Waals surface area contributed by atoms with E-state index < -0.39 is 0 Å². The topological polar surface area (TPSA) is 89.0 Å². The van der Waals surface area contributed by atoms with Crippen molar-refractivity contribution in [1.82, 2.24) is 0 Å². The molecule has 58 valence electrons. The lowest BCUT2D eigenvalue weighted by Crippen LogP contribution is -2.22. The van der Waals surface area contributed by atoms with E-state index in [9.17, 15) is 0 Å². The number of nitrogens with two attached hydrogens (primary N) is 1. The molecule has 1 rings (SSSR count). The van der Waals surface area contributed by atoms with Gasteiger partial charge < -0.3 is 16.7 Å². The molecule has 0 unspecified atom stereocenters. The van der Waals surface area contributed by atoms with Crippen molar-refractivity contribution in [1.29, 1.82) is 0 Å². The summed E-state index contributed by atoms with van der Waals surface area (Å²) in [6.07, 6.45) is 6.66. The monoisotopic (exact) mass is 135 g/mol. The molecule has 3 heteroatoms. The van der Waals surface area contributed by atoms with Crippen LogP contribution >= 0.6 is 0 Å². The molecule has 1 fully saturated rings. The summed E-state index contributed by atoms with van der Waals surface area (Å²) in [5.41, 5.74) is 5.63. The second-order valence-electron chi connectivity index (χ2n) is 2.40. The SMILES string of the molecule is NC1CCCCC1.O.O. The molecule has 1 aliphatic carbocycles. The summed E-state index contributed by atoms with van der Waals surface area (Å²) in [4.78, 5) is 0. The summed E-state index contributed by atoms with van der Waals surface area (Å²) in [6.45, 7) is 0. The van der Waals surface area contributed by atoms with Gasteiger partial charge in [0.25, 0.3) is 0 Å². The van der Waals surface area contributed by atoms with Gasteiger partial charge in [0, 0.05) is 6.04 Å². The largest absolute Gasteiger partial charge is 0.412 e. The molecule has 0 heterocycles. The van der Waals surface area contributed by atoms with Crippen LogP contribution in [0.2, 0.25) is 0 Å². The van der Waals surface area contributed by atoms with E-state index in [1.54, 1.807) is 0 Å². The van der Waals surface area contributed by atoms with Crippen molar-refractivity contribution >= 4 is 0 Å². The van der Waals surface area contributed by atoms with E-state index in [4.69, 9.17) is 5.73 Å². The van der Waals surface area contributed by atoms with Gasteiger partial charge in [-0.15, -0.1) is 0 Å². The van der Waals surface area contributed by atoms with E-state index in [0.29, 0.717) is 6.04 Å². The van der Waals surface area contributed by atoms with Crippen LogP contribution in [0.4, 0.5) is 0 Å². The van der Waals surface area contributed by atoms with Crippen molar-refractivity contribution in [2.24, 2.45) is 5.73 Å². The van der Waals surface area contributed by atoms with Crippen molar-refractivity contribution in [2.45, 2.75) is 38.1 Å². The number of hydrogen-bond donors (Lipinski definition) is 1. The molecule has 6 N–H and O–H groups in total. The predicted octanol–water partition coefficient (Wildman–Crippen LogP) is -0.372. The first kappa shape index (κ1) is 11.6. The van der Waals surface area contributed by atoms with Crippen LogP contribution in [-0.2, 0) is 0 Å². The molecule has 0 saturated heterocycles. The van der Waals surface area contributed by atoms with E-state index in [1.165, 1.54) is 32.1 Å². The Morgan fingerprint density at radius 3 is 1.56 bits per heavy atom. The van der Waals surface area contributed by atoms with Gasteiger partial charge in [0.1, 0.15) is 0 Å². The highest BCUT2D eigenvalue weighted by molar-refractivity contribution is 4.66. The van der Waals surface area contributed by atoms with Crippen molar-refractivity contribution in [3.8, 4) is 0 Å². The summed E-state index contributed by atoms with van der Waals surface area (Å²) in [7, 11) is 0. The third kappa shape index (κ3) is 4.39. The molecule has 3 nitrogen and oxygen atoms in total. The van der Waals surface area contributed by atoms with Gasteiger partial charge >= 0.3 is 0 Å². The first-order valence-corrected chi connectivity index (χ1v) is 3.15. The fraction of sp³-hybridized carbons (Fsp3) is 1.00. The molecule has 9 heavy (non-hydrogen) atoms. The van der Waals surface area contributed by atoms with E-state index in [1.807, 2.05) is 0 Å². The molecule has 0 radical (unpaired) electrons. The van der Waals surface area contributed by atoms with Gasteiger partial charge in [0.15, 0.2) is 0 Å². The summed E-state index contributed by atoms with van der Waals surface area (Å²) in [6, 6.07) is 0.536. The molecule has 1 aliphatic rings. The van der Waals surface area contributed by atoms with Crippen LogP contribution < -0.4 is 5.73 Å². The van der Waals surface area contributed by atoms with Crippen LogP contribution in [0.15, 0.2) is 0 Å². The smallest absolute Gasteiger partial charge is 0.00388 e. The maximum atomic E-state index is 5.63. The molecule has 1 saturated carbocycles. The molecule has 0 amide bonds. The Morgan fingerprint density at radius 2 is 1.33 bits per heavy atom. The zero-order valence-electron chi connectivity index (χ0n) is 5.69. The minimum Gasteiger partial charge on any atom is -0.412 e. The number of hydrogen-bond acceptors (Lipinski definition) is 1.